The first-order valence-electron chi connectivity index (χ1n) is 8.76. The van der Waals surface area contributed by atoms with Crippen molar-refractivity contribution >= 4 is 5.97 Å². The van der Waals surface area contributed by atoms with Crippen LogP contribution in [-0.4, -0.2) is 12.6 Å². The third kappa shape index (κ3) is 7.16. The van der Waals surface area contributed by atoms with Crippen LogP contribution in [-0.2, 0) is 9.53 Å². The normalized spacial score (nSPS) is 19.4. The Bertz CT molecular complexity index is 595. The summed E-state index contributed by atoms with van der Waals surface area (Å²) in [4.78, 5) is 10.7. The van der Waals surface area contributed by atoms with E-state index in [1.807, 2.05) is 25.2 Å². The minimum Gasteiger partial charge on any atom is -0.462 e. The number of hydrogen-bond donors (Lipinski definition) is 0. The molecular formula is C22H32O2. The summed E-state index contributed by atoms with van der Waals surface area (Å²) in [6.45, 7) is 12.8. The van der Waals surface area contributed by atoms with Crippen molar-refractivity contribution in [2.24, 2.45) is 5.41 Å². The van der Waals surface area contributed by atoms with Crippen LogP contribution >= 0.6 is 0 Å². The summed E-state index contributed by atoms with van der Waals surface area (Å²) in [5, 5.41) is 0. The van der Waals surface area contributed by atoms with Gasteiger partial charge in [0, 0.05) is 6.92 Å². The molecule has 0 N–H and O–H groups in total. The van der Waals surface area contributed by atoms with Gasteiger partial charge in [-0.25, -0.2) is 0 Å². The zero-order chi connectivity index (χ0) is 18.2. The molecule has 2 nitrogen and oxygen atoms in total. The molecule has 0 fully saturated rings. The quantitative estimate of drug-likeness (QED) is 0.436. The van der Waals surface area contributed by atoms with Gasteiger partial charge in [-0.15, -0.1) is 0 Å². The molecule has 0 bridgehead atoms. The minimum atomic E-state index is -0.251. The van der Waals surface area contributed by atoms with Crippen LogP contribution in [0.4, 0.5) is 0 Å². The molecule has 0 aliphatic heterocycles. The van der Waals surface area contributed by atoms with E-state index in [0.29, 0.717) is 6.61 Å². The van der Waals surface area contributed by atoms with Crippen LogP contribution in [0.3, 0.4) is 0 Å². The number of hydrogen-bond acceptors (Lipinski definition) is 2. The lowest BCUT2D eigenvalue weighted by atomic mass is 9.72. The SMILES string of the molecule is CC(=O)OCC=C(C)/C=C/C=C(C)/C=C/C1=C(C)CCCC1(C)C. The lowest BCUT2D eigenvalue weighted by molar-refractivity contribution is -0.139. The highest BCUT2D eigenvalue weighted by Crippen LogP contribution is 2.40. The first-order valence-corrected chi connectivity index (χ1v) is 8.76. The van der Waals surface area contributed by atoms with E-state index in [1.54, 1.807) is 0 Å². The Morgan fingerprint density at radius 1 is 1.17 bits per heavy atom. The van der Waals surface area contributed by atoms with Crippen molar-refractivity contribution in [3.05, 3.63) is 58.7 Å². The summed E-state index contributed by atoms with van der Waals surface area (Å²) in [5.41, 5.74) is 5.60. The number of allylic oxidation sites excluding steroid dienone is 9. The first-order chi connectivity index (χ1) is 11.2. The van der Waals surface area contributed by atoms with E-state index in [1.165, 1.54) is 42.9 Å². The molecule has 0 saturated carbocycles. The Kier molecular flexibility index (Phi) is 7.97. The van der Waals surface area contributed by atoms with E-state index in [-0.39, 0.29) is 11.4 Å². The van der Waals surface area contributed by atoms with Crippen LogP contribution < -0.4 is 0 Å². The Morgan fingerprint density at radius 2 is 1.88 bits per heavy atom. The summed E-state index contributed by atoms with van der Waals surface area (Å²) in [6.07, 6.45) is 16.3. The second kappa shape index (κ2) is 9.46. The van der Waals surface area contributed by atoms with Gasteiger partial charge in [0.25, 0.3) is 0 Å². The van der Waals surface area contributed by atoms with Gasteiger partial charge in [0.05, 0.1) is 0 Å². The molecule has 132 valence electrons. The maximum absolute atomic E-state index is 10.7. The first kappa shape index (κ1) is 20.2. The van der Waals surface area contributed by atoms with E-state index < -0.39 is 0 Å². The Balaban J connectivity index is 2.67. The number of rotatable bonds is 6. The van der Waals surface area contributed by atoms with E-state index >= 15 is 0 Å². The van der Waals surface area contributed by atoms with Crippen LogP contribution in [0.25, 0.3) is 0 Å². The van der Waals surface area contributed by atoms with Gasteiger partial charge in [-0.3, -0.25) is 4.79 Å². The molecule has 0 aromatic carbocycles. The van der Waals surface area contributed by atoms with Gasteiger partial charge in [-0.2, -0.15) is 0 Å². The predicted molar refractivity (Wildman–Crippen MR) is 103 cm³/mol. The summed E-state index contributed by atoms with van der Waals surface area (Å²) in [5.74, 6) is -0.251. The maximum atomic E-state index is 10.7. The summed E-state index contributed by atoms with van der Waals surface area (Å²) in [7, 11) is 0. The van der Waals surface area contributed by atoms with Crippen molar-refractivity contribution in [2.75, 3.05) is 6.61 Å². The lowest BCUT2D eigenvalue weighted by Crippen LogP contribution is -2.19. The van der Waals surface area contributed by atoms with Gasteiger partial charge in [-0.1, -0.05) is 60.9 Å². The zero-order valence-electron chi connectivity index (χ0n) is 16.1. The van der Waals surface area contributed by atoms with Gasteiger partial charge in [0.15, 0.2) is 0 Å². The van der Waals surface area contributed by atoms with Crippen LogP contribution in [0.1, 0.15) is 60.8 Å². The zero-order valence-corrected chi connectivity index (χ0v) is 16.1. The Hall–Kier alpha value is -1.83. The van der Waals surface area contributed by atoms with Crippen molar-refractivity contribution in [2.45, 2.75) is 60.8 Å². The van der Waals surface area contributed by atoms with Crippen molar-refractivity contribution in [1.29, 1.82) is 0 Å². The lowest BCUT2D eigenvalue weighted by Gasteiger charge is -2.32. The van der Waals surface area contributed by atoms with Crippen LogP contribution in [0.15, 0.2) is 58.7 Å². The predicted octanol–water partition coefficient (Wildman–Crippen LogP) is 6.08. The monoisotopic (exact) mass is 328 g/mol. The molecule has 1 aliphatic rings. The van der Waals surface area contributed by atoms with E-state index in [0.717, 1.165) is 5.57 Å². The molecule has 0 radical (unpaired) electrons. The van der Waals surface area contributed by atoms with Crippen molar-refractivity contribution in [3.8, 4) is 0 Å². The Morgan fingerprint density at radius 3 is 2.50 bits per heavy atom. The van der Waals surface area contributed by atoms with Crippen molar-refractivity contribution in [3.63, 3.8) is 0 Å². The van der Waals surface area contributed by atoms with Gasteiger partial charge < -0.3 is 4.74 Å². The van der Waals surface area contributed by atoms with Gasteiger partial charge >= 0.3 is 5.97 Å². The van der Waals surface area contributed by atoms with Crippen molar-refractivity contribution < 1.29 is 9.53 Å². The van der Waals surface area contributed by atoms with Gasteiger partial charge in [-0.05, 0) is 57.1 Å². The molecule has 0 atom stereocenters. The number of esters is 1. The van der Waals surface area contributed by atoms with Gasteiger partial charge in [0.1, 0.15) is 6.61 Å². The molecule has 2 heteroatoms. The van der Waals surface area contributed by atoms with Crippen LogP contribution in [0, 0.1) is 5.41 Å². The maximum Gasteiger partial charge on any atom is 0.302 e. The minimum absolute atomic E-state index is 0.251. The molecule has 0 unspecified atom stereocenters. The molecular weight excluding hydrogens is 296 g/mol. The largest absolute Gasteiger partial charge is 0.462 e. The number of ether oxygens (including phenoxy) is 1. The molecule has 0 amide bonds. The van der Waals surface area contributed by atoms with E-state index in [9.17, 15) is 4.79 Å². The fourth-order valence-corrected chi connectivity index (χ4v) is 2.99. The average Bonchev–Trinajstić information content (AvgIpc) is 2.45. The highest BCUT2D eigenvalue weighted by molar-refractivity contribution is 5.66. The molecule has 24 heavy (non-hydrogen) atoms. The Labute approximate surface area is 147 Å². The van der Waals surface area contributed by atoms with Crippen LogP contribution in [0.2, 0.25) is 0 Å². The molecule has 0 spiro atoms. The highest BCUT2D eigenvalue weighted by atomic mass is 16.5. The standard InChI is InChI=1S/C22H32O2/c1-17(9-7-10-18(2)14-16-24-20(4)23)12-13-21-19(3)11-8-15-22(21,5)6/h7,9-10,12-14H,8,11,15-16H2,1-6H3/b10-7+,13-12+,17-9+,18-14?. The fraction of sp³-hybridized carbons (Fsp3) is 0.500. The third-order valence-corrected chi connectivity index (χ3v) is 4.47. The second-order valence-corrected chi connectivity index (χ2v) is 7.29. The van der Waals surface area contributed by atoms with E-state index in [4.69, 9.17) is 4.74 Å². The smallest absolute Gasteiger partial charge is 0.302 e. The summed E-state index contributed by atoms with van der Waals surface area (Å²) >= 11 is 0. The average molecular weight is 328 g/mol. The van der Waals surface area contributed by atoms with Crippen molar-refractivity contribution in [1.82, 2.24) is 0 Å². The highest BCUT2D eigenvalue weighted by Gasteiger charge is 2.26. The van der Waals surface area contributed by atoms with Gasteiger partial charge in [0.2, 0.25) is 0 Å². The molecule has 0 saturated heterocycles. The third-order valence-electron chi connectivity index (χ3n) is 4.47. The topological polar surface area (TPSA) is 26.3 Å². The molecule has 0 heterocycles. The number of carbonyl (C=O) groups is 1. The fourth-order valence-electron chi connectivity index (χ4n) is 2.99. The summed E-state index contributed by atoms with van der Waals surface area (Å²) in [6, 6.07) is 0. The van der Waals surface area contributed by atoms with E-state index in [2.05, 4.69) is 45.9 Å². The summed E-state index contributed by atoms with van der Waals surface area (Å²) < 4.78 is 4.89. The molecule has 0 aromatic heterocycles. The molecule has 1 aliphatic carbocycles. The number of carbonyl (C=O) groups excluding carboxylic acids is 1. The second-order valence-electron chi connectivity index (χ2n) is 7.29. The van der Waals surface area contributed by atoms with Crippen LogP contribution in [0.5, 0.6) is 0 Å². The molecule has 0 aromatic rings. The molecule has 1 rings (SSSR count).